The number of rotatable bonds is 6. The predicted octanol–water partition coefficient (Wildman–Crippen LogP) is 1.68. The summed E-state index contributed by atoms with van der Waals surface area (Å²) in [5.41, 5.74) is 1.59. The Hall–Kier alpha value is -2.14. The van der Waals surface area contributed by atoms with Crippen molar-refractivity contribution in [3.63, 3.8) is 0 Å². The Labute approximate surface area is 112 Å². The zero-order chi connectivity index (χ0) is 13.5. The van der Waals surface area contributed by atoms with Crippen molar-refractivity contribution in [2.75, 3.05) is 19.6 Å². The van der Waals surface area contributed by atoms with Gasteiger partial charge in [-0.1, -0.05) is 42.4 Å². The first kappa shape index (κ1) is 13.3. The molecule has 2 rings (SSSR count). The molecule has 1 amide bonds. The Bertz CT molecular complexity index is 522. The zero-order valence-corrected chi connectivity index (χ0v) is 10.8. The summed E-state index contributed by atoms with van der Waals surface area (Å²) in [4.78, 5) is 11.8. The lowest BCUT2D eigenvalue weighted by Crippen LogP contribution is -2.31. The van der Waals surface area contributed by atoms with Crippen molar-refractivity contribution in [2.24, 2.45) is 0 Å². The van der Waals surface area contributed by atoms with Gasteiger partial charge in [0, 0.05) is 24.7 Å². The summed E-state index contributed by atoms with van der Waals surface area (Å²) in [5, 5.41) is 9.79. The summed E-state index contributed by atoms with van der Waals surface area (Å²) in [6, 6.07) is 11.3. The van der Waals surface area contributed by atoms with E-state index >= 15 is 0 Å². The highest BCUT2D eigenvalue weighted by molar-refractivity contribution is 5.92. The van der Waals surface area contributed by atoms with E-state index in [1.807, 2.05) is 37.3 Å². The average molecular weight is 259 g/mol. The quantitative estimate of drug-likeness (QED) is 0.775. The second-order valence-corrected chi connectivity index (χ2v) is 4.05. The van der Waals surface area contributed by atoms with Crippen molar-refractivity contribution in [3.8, 4) is 11.3 Å². The minimum atomic E-state index is -0.243. The largest absolute Gasteiger partial charge is 0.350 e. The van der Waals surface area contributed by atoms with Gasteiger partial charge in [-0.05, 0) is 6.54 Å². The molecule has 0 bridgehead atoms. The molecule has 1 heterocycles. The number of nitrogens with one attached hydrogen (secondary N) is 2. The third-order valence-electron chi connectivity index (χ3n) is 2.64. The van der Waals surface area contributed by atoms with Crippen LogP contribution in [0.2, 0.25) is 0 Å². The molecule has 0 spiro atoms. The van der Waals surface area contributed by atoms with Crippen LogP contribution in [0, 0.1) is 0 Å². The molecular weight excluding hydrogens is 242 g/mol. The van der Waals surface area contributed by atoms with Gasteiger partial charge in [0.25, 0.3) is 5.91 Å². The Morgan fingerprint density at radius 3 is 2.79 bits per heavy atom. The monoisotopic (exact) mass is 259 g/mol. The first-order valence-electron chi connectivity index (χ1n) is 6.32. The van der Waals surface area contributed by atoms with Crippen molar-refractivity contribution in [3.05, 3.63) is 42.2 Å². The van der Waals surface area contributed by atoms with Gasteiger partial charge >= 0.3 is 0 Å². The standard InChI is InChI=1S/C14H17N3O2/c1-2-15-8-9-16-14(18)13-10-12(17-19-13)11-6-4-3-5-7-11/h3-7,10,15H,2,8-9H2,1H3,(H,16,18). The average Bonchev–Trinajstić information content (AvgIpc) is 2.94. The maximum atomic E-state index is 11.8. The molecule has 19 heavy (non-hydrogen) atoms. The number of likely N-dealkylation sites (N-methyl/N-ethyl adjacent to an activating group) is 1. The highest BCUT2D eigenvalue weighted by Crippen LogP contribution is 2.18. The van der Waals surface area contributed by atoms with E-state index in [2.05, 4.69) is 15.8 Å². The lowest BCUT2D eigenvalue weighted by Gasteiger charge is -2.02. The van der Waals surface area contributed by atoms with E-state index in [1.54, 1.807) is 6.07 Å². The second-order valence-electron chi connectivity index (χ2n) is 4.05. The Morgan fingerprint density at radius 1 is 1.26 bits per heavy atom. The predicted molar refractivity (Wildman–Crippen MR) is 72.8 cm³/mol. The number of amides is 1. The van der Waals surface area contributed by atoms with Crippen molar-refractivity contribution in [1.29, 1.82) is 0 Å². The fraction of sp³-hybridized carbons (Fsp3) is 0.286. The van der Waals surface area contributed by atoms with Gasteiger partial charge in [0.05, 0.1) is 0 Å². The van der Waals surface area contributed by atoms with Gasteiger partial charge in [0.15, 0.2) is 0 Å². The van der Waals surface area contributed by atoms with Crippen LogP contribution in [0.4, 0.5) is 0 Å². The highest BCUT2D eigenvalue weighted by atomic mass is 16.5. The van der Waals surface area contributed by atoms with Gasteiger partial charge in [0.2, 0.25) is 5.76 Å². The number of hydrogen-bond acceptors (Lipinski definition) is 4. The van der Waals surface area contributed by atoms with Crippen molar-refractivity contribution in [1.82, 2.24) is 15.8 Å². The molecule has 100 valence electrons. The van der Waals surface area contributed by atoms with Crippen LogP contribution in [0.3, 0.4) is 0 Å². The number of hydrogen-bond donors (Lipinski definition) is 2. The molecule has 2 N–H and O–H groups in total. The summed E-state index contributed by atoms with van der Waals surface area (Å²) in [6.45, 7) is 4.21. The van der Waals surface area contributed by atoms with E-state index in [9.17, 15) is 4.79 Å². The smallest absolute Gasteiger partial charge is 0.289 e. The van der Waals surface area contributed by atoms with Crippen molar-refractivity contribution < 1.29 is 9.32 Å². The van der Waals surface area contributed by atoms with Crippen molar-refractivity contribution >= 4 is 5.91 Å². The molecule has 0 aliphatic carbocycles. The summed E-state index contributed by atoms with van der Waals surface area (Å²) < 4.78 is 5.06. The molecule has 5 nitrogen and oxygen atoms in total. The first-order valence-corrected chi connectivity index (χ1v) is 6.32. The maximum absolute atomic E-state index is 11.8. The third-order valence-corrected chi connectivity index (χ3v) is 2.64. The van der Waals surface area contributed by atoms with Crippen LogP contribution in [0.25, 0.3) is 11.3 Å². The third kappa shape index (κ3) is 3.66. The Kier molecular flexibility index (Phi) is 4.69. The minimum Gasteiger partial charge on any atom is -0.350 e. The SMILES string of the molecule is CCNCCNC(=O)c1cc(-c2ccccc2)no1. The van der Waals surface area contributed by atoms with Crippen LogP contribution >= 0.6 is 0 Å². The molecule has 0 unspecified atom stereocenters. The Balaban J connectivity index is 1.95. The number of carbonyl (C=O) groups excluding carboxylic acids is 1. The van der Waals surface area contributed by atoms with Gasteiger partial charge in [-0.25, -0.2) is 0 Å². The molecule has 1 aromatic carbocycles. The van der Waals surface area contributed by atoms with Gasteiger partial charge < -0.3 is 15.2 Å². The fourth-order valence-electron chi connectivity index (χ4n) is 1.66. The molecule has 1 aromatic heterocycles. The minimum absolute atomic E-state index is 0.232. The molecular formula is C14H17N3O2. The van der Waals surface area contributed by atoms with Gasteiger partial charge in [0.1, 0.15) is 5.69 Å². The zero-order valence-electron chi connectivity index (χ0n) is 10.8. The molecule has 0 aliphatic heterocycles. The maximum Gasteiger partial charge on any atom is 0.289 e. The lowest BCUT2D eigenvalue weighted by atomic mass is 10.1. The molecule has 0 radical (unpaired) electrons. The van der Waals surface area contributed by atoms with Crippen LogP contribution in [0.1, 0.15) is 17.5 Å². The van der Waals surface area contributed by atoms with E-state index in [-0.39, 0.29) is 11.7 Å². The number of nitrogens with zero attached hydrogens (tertiary/aromatic N) is 1. The molecule has 0 fully saturated rings. The van der Waals surface area contributed by atoms with Crippen LogP contribution in [-0.4, -0.2) is 30.7 Å². The van der Waals surface area contributed by atoms with E-state index < -0.39 is 0 Å². The van der Waals surface area contributed by atoms with E-state index in [1.165, 1.54) is 0 Å². The molecule has 5 heteroatoms. The van der Waals surface area contributed by atoms with E-state index in [0.717, 1.165) is 18.7 Å². The van der Waals surface area contributed by atoms with Crippen LogP contribution < -0.4 is 10.6 Å². The second kappa shape index (κ2) is 6.70. The summed E-state index contributed by atoms with van der Waals surface area (Å²) in [7, 11) is 0. The molecule has 0 saturated carbocycles. The molecule has 2 aromatic rings. The normalized spacial score (nSPS) is 10.4. The van der Waals surface area contributed by atoms with Crippen molar-refractivity contribution in [2.45, 2.75) is 6.92 Å². The van der Waals surface area contributed by atoms with Gasteiger partial charge in [-0.3, -0.25) is 4.79 Å². The lowest BCUT2D eigenvalue weighted by molar-refractivity contribution is 0.0917. The number of benzene rings is 1. The summed E-state index contributed by atoms with van der Waals surface area (Å²) >= 11 is 0. The van der Waals surface area contributed by atoms with E-state index in [4.69, 9.17) is 4.52 Å². The van der Waals surface area contributed by atoms with E-state index in [0.29, 0.717) is 12.2 Å². The van der Waals surface area contributed by atoms with Crippen LogP contribution in [-0.2, 0) is 0 Å². The molecule has 0 aliphatic rings. The first-order chi connectivity index (χ1) is 9.31. The number of aromatic nitrogens is 1. The van der Waals surface area contributed by atoms with Crippen LogP contribution in [0.15, 0.2) is 40.9 Å². The summed E-state index contributed by atoms with van der Waals surface area (Å²) in [6.07, 6.45) is 0. The highest BCUT2D eigenvalue weighted by Gasteiger charge is 2.13. The molecule has 0 atom stereocenters. The van der Waals surface area contributed by atoms with Crippen LogP contribution in [0.5, 0.6) is 0 Å². The van der Waals surface area contributed by atoms with Gasteiger partial charge in [-0.15, -0.1) is 0 Å². The fourth-order valence-corrected chi connectivity index (χ4v) is 1.66. The number of carbonyl (C=O) groups is 1. The summed E-state index contributed by atoms with van der Waals surface area (Å²) in [5.74, 6) is -0.0112. The molecule has 0 saturated heterocycles. The topological polar surface area (TPSA) is 67.2 Å². The Morgan fingerprint density at radius 2 is 2.05 bits per heavy atom. The van der Waals surface area contributed by atoms with Gasteiger partial charge in [-0.2, -0.15) is 0 Å².